The molecule has 1 N–H and O–H groups in total. The lowest BCUT2D eigenvalue weighted by atomic mass is 10.1. The number of hydrogen-bond acceptors (Lipinski definition) is 2. The largest absolute Gasteiger partial charge is 0.480 e. The zero-order chi connectivity index (χ0) is 15.4. The fourth-order valence-corrected chi connectivity index (χ4v) is 1.13. The number of amides is 1. The predicted molar refractivity (Wildman–Crippen MR) is 48.6 cm³/mol. The van der Waals surface area contributed by atoms with Gasteiger partial charge in [0.15, 0.2) is 0 Å². The first-order valence-corrected chi connectivity index (χ1v) is 4.48. The smallest absolute Gasteiger partial charge is 0.409 e. The van der Waals surface area contributed by atoms with E-state index < -0.39 is 43.2 Å². The average molecular weight is 291 g/mol. The Labute approximate surface area is 103 Å². The van der Waals surface area contributed by atoms with E-state index in [9.17, 15) is 35.9 Å². The number of terminal acetylenes is 1. The van der Waals surface area contributed by atoms with Gasteiger partial charge in [0.25, 0.3) is 0 Å². The average Bonchev–Trinajstić information content (AvgIpc) is 2.11. The first-order valence-electron chi connectivity index (χ1n) is 4.48. The molecule has 0 aliphatic rings. The summed E-state index contributed by atoms with van der Waals surface area (Å²) in [6, 6.07) is 0. The standard InChI is InChI=1S/C9H7F6NO3/c1-2-3-16(4-5(17)18)7(19)6(8(10,11)12)9(13,14)15/h1,6H,3-4H2,(H,17,18). The van der Waals surface area contributed by atoms with Gasteiger partial charge < -0.3 is 10.0 Å². The Balaban J connectivity index is 5.39. The second kappa shape index (κ2) is 5.81. The Kier molecular flexibility index (Phi) is 5.23. The maximum Gasteiger partial charge on any atom is 0.409 e. The van der Waals surface area contributed by atoms with Gasteiger partial charge in [-0.3, -0.25) is 9.59 Å². The van der Waals surface area contributed by atoms with E-state index >= 15 is 0 Å². The van der Waals surface area contributed by atoms with Crippen LogP contribution in [0.2, 0.25) is 0 Å². The Morgan fingerprint density at radius 1 is 1.16 bits per heavy atom. The zero-order valence-corrected chi connectivity index (χ0v) is 9.05. The molecule has 0 saturated heterocycles. The molecule has 0 unspecified atom stereocenters. The summed E-state index contributed by atoms with van der Waals surface area (Å²) in [7, 11) is 0. The van der Waals surface area contributed by atoms with Crippen LogP contribution in [0.1, 0.15) is 0 Å². The highest BCUT2D eigenvalue weighted by Crippen LogP contribution is 2.40. The first-order chi connectivity index (χ1) is 8.41. The van der Waals surface area contributed by atoms with Gasteiger partial charge in [-0.25, -0.2) is 0 Å². The summed E-state index contributed by atoms with van der Waals surface area (Å²) in [5.41, 5.74) is 0. The first kappa shape index (κ1) is 17.1. The third-order valence-electron chi connectivity index (χ3n) is 1.82. The minimum atomic E-state index is -5.89. The van der Waals surface area contributed by atoms with Crippen LogP contribution in [0, 0.1) is 18.3 Å². The minimum absolute atomic E-state index is 0.200. The van der Waals surface area contributed by atoms with Gasteiger partial charge in [-0.2, -0.15) is 26.3 Å². The van der Waals surface area contributed by atoms with Crippen molar-refractivity contribution in [2.45, 2.75) is 12.4 Å². The monoisotopic (exact) mass is 291 g/mol. The molecule has 0 rings (SSSR count). The Morgan fingerprint density at radius 3 is 1.84 bits per heavy atom. The van der Waals surface area contributed by atoms with Crippen molar-refractivity contribution in [3.8, 4) is 12.3 Å². The van der Waals surface area contributed by atoms with Crippen molar-refractivity contribution in [2.75, 3.05) is 13.1 Å². The van der Waals surface area contributed by atoms with Crippen LogP contribution in [0.15, 0.2) is 0 Å². The lowest BCUT2D eigenvalue weighted by Gasteiger charge is -2.27. The van der Waals surface area contributed by atoms with Crippen molar-refractivity contribution >= 4 is 11.9 Å². The molecule has 0 radical (unpaired) electrons. The number of halogens is 6. The summed E-state index contributed by atoms with van der Waals surface area (Å²) in [6.45, 7) is -2.33. The van der Waals surface area contributed by atoms with E-state index in [0.717, 1.165) is 0 Å². The number of carboxylic acid groups (broad SMARTS) is 1. The van der Waals surface area contributed by atoms with Crippen LogP contribution in [0.25, 0.3) is 0 Å². The molecule has 0 bridgehead atoms. The van der Waals surface area contributed by atoms with Crippen molar-refractivity contribution in [1.29, 1.82) is 0 Å². The van der Waals surface area contributed by atoms with Gasteiger partial charge >= 0.3 is 18.3 Å². The molecule has 0 heterocycles. The van der Waals surface area contributed by atoms with E-state index in [1.54, 1.807) is 5.92 Å². The van der Waals surface area contributed by atoms with Crippen LogP contribution in [-0.2, 0) is 9.59 Å². The molecule has 10 heteroatoms. The minimum Gasteiger partial charge on any atom is -0.480 e. The Morgan fingerprint density at radius 2 is 1.58 bits per heavy atom. The lowest BCUT2D eigenvalue weighted by Crippen LogP contribution is -2.50. The second-order valence-corrected chi connectivity index (χ2v) is 3.31. The highest BCUT2D eigenvalue weighted by molar-refractivity contribution is 5.84. The molecule has 108 valence electrons. The van der Waals surface area contributed by atoms with Gasteiger partial charge in [0.1, 0.15) is 6.54 Å². The number of nitrogens with zero attached hydrogens (tertiary/aromatic N) is 1. The second-order valence-electron chi connectivity index (χ2n) is 3.31. The maximum atomic E-state index is 12.2. The van der Waals surface area contributed by atoms with Gasteiger partial charge in [-0.05, 0) is 0 Å². The van der Waals surface area contributed by atoms with Crippen LogP contribution in [0.3, 0.4) is 0 Å². The van der Waals surface area contributed by atoms with Gasteiger partial charge in [-0.15, -0.1) is 6.42 Å². The summed E-state index contributed by atoms with van der Waals surface area (Å²) in [5, 5.41) is 8.32. The number of carbonyl (C=O) groups excluding carboxylic acids is 1. The molecule has 4 nitrogen and oxygen atoms in total. The maximum absolute atomic E-state index is 12.2. The van der Waals surface area contributed by atoms with Crippen molar-refractivity contribution in [3.05, 3.63) is 0 Å². The van der Waals surface area contributed by atoms with Crippen LogP contribution < -0.4 is 0 Å². The third kappa shape index (κ3) is 5.07. The summed E-state index contributed by atoms with van der Waals surface area (Å²) < 4.78 is 73.4. The van der Waals surface area contributed by atoms with E-state index in [-0.39, 0.29) is 4.90 Å². The molecule has 0 aliphatic carbocycles. The van der Waals surface area contributed by atoms with Crippen LogP contribution >= 0.6 is 0 Å². The summed E-state index contributed by atoms with van der Waals surface area (Å²) in [5.74, 6) is -6.91. The van der Waals surface area contributed by atoms with Crippen LogP contribution in [-0.4, -0.2) is 47.3 Å². The van der Waals surface area contributed by atoms with Gasteiger partial charge in [-0.1, -0.05) is 5.92 Å². The SMILES string of the molecule is C#CCN(CC(=O)O)C(=O)C(C(F)(F)F)C(F)(F)F. The van der Waals surface area contributed by atoms with Crippen LogP contribution in [0.4, 0.5) is 26.3 Å². The Hall–Kier alpha value is -1.92. The molecular formula is C9H7F6NO3. The summed E-state index contributed by atoms with van der Waals surface area (Å²) in [4.78, 5) is 21.3. The molecule has 0 saturated carbocycles. The zero-order valence-electron chi connectivity index (χ0n) is 9.05. The molecule has 0 atom stereocenters. The molecule has 0 aromatic heterocycles. The van der Waals surface area contributed by atoms with Gasteiger partial charge in [0.05, 0.1) is 6.54 Å². The summed E-state index contributed by atoms with van der Waals surface area (Å²) >= 11 is 0. The number of rotatable bonds is 4. The van der Waals surface area contributed by atoms with Gasteiger partial charge in [0.2, 0.25) is 11.8 Å². The molecule has 0 aliphatic heterocycles. The topological polar surface area (TPSA) is 57.6 Å². The fourth-order valence-electron chi connectivity index (χ4n) is 1.13. The quantitative estimate of drug-likeness (QED) is 0.627. The molecule has 0 aromatic carbocycles. The lowest BCUT2D eigenvalue weighted by molar-refractivity contribution is -0.277. The number of alkyl halides is 6. The van der Waals surface area contributed by atoms with Crippen molar-refractivity contribution in [2.24, 2.45) is 5.92 Å². The molecular weight excluding hydrogens is 284 g/mol. The highest BCUT2D eigenvalue weighted by atomic mass is 19.4. The highest BCUT2D eigenvalue weighted by Gasteiger charge is 2.62. The van der Waals surface area contributed by atoms with Crippen LogP contribution in [0.5, 0.6) is 0 Å². The fraction of sp³-hybridized carbons (Fsp3) is 0.556. The number of carboxylic acids is 1. The predicted octanol–water partition coefficient (Wildman–Crippen LogP) is 1.27. The Bertz CT molecular complexity index is 380. The van der Waals surface area contributed by atoms with Crippen molar-refractivity contribution in [1.82, 2.24) is 4.90 Å². The van der Waals surface area contributed by atoms with Gasteiger partial charge in [0, 0.05) is 0 Å². The van der Waals surface area contributed by atoms with E-state index in [0.29, 0.717) is 0 Å². The van der Waals surface area contributed by atoms with E-state index in [2.05, 4.69) is 6.42 Å². The third-order valence-corrected chi connectivity index (χ3v) is 1.82. The molecule has 1 amide bonds. The molecule has 19 heavy (non-hydrogen) atoms. The van der Waals surface area contributed by atoms with Crippen molar-refractivity contribution < 1.29 is 41.0 Å². The normalized spacial score (nSPS) is 12.1. The number of aliphatic carboxylic acids is 1. The molecule has 0 fully saturated rings. The van der Waals surface area contributed by atoms with E-state index in [4.69, 9.17) is 5.11 Å². The molecule has 0 spiro atoms. The molecule has 0 aromatic rings. The van der Waals surface area contributed by atoms with Crippen molar-refractivity contribution in [3.63, 3.8) is 0 Å². The van der Waals surface area contributed by atoms with E-state index in [1.165, 1.54) is 0 Å². The number of hydrogen-bond donors (Lipinski definition) is 1. The summed E-state index contributed by atoms with van der Waals surface area (Å²) in [6.07, 6.45) is -7.11. The van der Waals surface area contributed by atoms with E-state index in [1.807, 2.05) is 0 Å². The number of carbonyl (C=O) groups is 2.